The highest BCUT2D eigenvalue weighted by molar-refractivity contribution is 9.10. The van der Waals surface area contributed by atoms with E-state index in [1.165, 1.54) is 12.1 Å². The third-order valence-electron chi connectivity index (χ3n) is 4.06. The summed E-state index contributed by atoms with van der Waals surface area (Å²) in [6.07, 6.45) is 1.79. The molecule has 3 nitrogen and oxygen atoms in total. The van der Waals surface area contributed by atoms with Crippen LogP contribution in [0.25, 0.3) is 11.6 Å². The van der Waals surface area contributed by atoms with Crippen molar-refractivity contribution in [2.45, 2.75) is 6.61 Å². The second kappa shape index (κ2) is 9.20. The van der Waals surface area contributed by atoms with Crippen LogP contribution in [0.5, 0.6) is 11.5 Å². The average Bonchev–Trinajstić information content (AvgIpc) is 2.71. The van der Waals surface area contributed by atoms with Crippen LogP contribution in [0.15, 0.2) is 71.2 Å². The van der Waals surface area contributed by atoms with Crippen LogP contribution >= 0.6 is 15.9 Å². The Hall–Kier alpha value is -3.10. The largest absolute Gasteiger partial charge is 0.493 e. The molecule has 0 amide bonds. The van der Waals surface area contributed by atoms with Crippen LogP contribution in [0.3, 0.4) is 0 Å². The van der Waals surface area contributed by atoms with Crippen molar-refractivity contribution in [2.24, 2.45) is 0 Å². The lowest BCUT2D eigenvalue weighted by molar-refractivity contribution is 0.284. The molecule has 140 valence electrons. The summed E-state index contributed by atoms with van der Waals surface area (Å²) >= 11 is 3.39. The van der Waals surface area contributed by atoms with Crippen molar-refractivity contribution in [2.75, 3.05) is 7.11 Å². The van der Waals surface area contributed by atoms with Crippen molar-refractivity contribution in [1.82, 2.24) is 0 Å². The predicted molar refractivity (Wildman–Crippen MR) is 111 cm³/mol. The van der Waals surface area contributed by atoms with E-state index in [0.29, 0.717) is 17.1 Å². The van der Waals surface area contributed by atoms with E-state index in [1.54, 1.807) is 37.5 Å². The lowest BCUT2D eigenvalue weighted by Gasteiger charge is -2.12. The second-order valence-corrected chi connectivity index (χ2v) is 6.92. The maximum absolute atomic E-state index is 13.3. The molecule has 0 aliphatic rings. The van der Waals surface area contributed by atoms with Crippen LogP contribution in [-0.2, 0) is 6.61 Å². The van der Waals surface area contributed by atoms with Gasteiger partial charge in [0.05, 0.1) is 18.8 Å². The molecule has 0 saturated carbocycles. The Morgan fingerprint density at radius 3 is 2.54 bits per heavy atom. The van der Waals surface area contributed by atoms with E-state index in [4.69, 9.17) is 9.47 Å². The first-order chi connectivity index (χ1) is 13.6. The Bertz CT molecular complexity index is 1040. The topological polar surface area (TPSA) is 42.2 Å². The van der Waals surface area contributed by atoms with Crippen LogP contribution < -0.4 is 9.47 Å². The Labute approximate surface area is 171 Å². The molecule has 28 heavy (non-hydrogen) atoms. The number of hydrogen-bond donors (Lipinski definition) is 0. The van der Waals surface area contributed by atoms with Gasteiger partial charge in [-0.1, -0.05) is 46.3 Å². The molecule has 0 saturated heterocycles. The summed E-state index contributed by atoms with van der Waals surface area (Å²) in [7, 11) is 1.55. The molecule has 3 aromatic carbocycles. The van der Waals surface area contributed by atoms with Crippen molar-refractivity contribution in [3.63, 3.8) is 0 Å². The van der Waals surface area contributed by atoms with E-state index in [9.17, 15) is 9.65 Å². The van der Waals surface area contributed by atoms with Gasteiger partial charge in [-0.2, -0.15) is 5.26 Å². The summed E-state index contributed by atoms with van der Waals surface area (Å²) in [5.41, 5.74) is 2.92. The fourth-order valence-electron chi connectivity index (χ4n) is 2.66. The third kappa shape index (κ3) is 4.99. The molecule has 0 unspecified atom stereocenters. The number of rotatable bonds is 6. The van der Waals surface area contributed by atoms with Crippen molar-refractivity contribution < 1.29 is 13.9 Å². The van der Waals surface area contributed by atoms with Gasteiger partial charge in [0.2, 0.25) is 0 Å². The van der Waals surface area contributed by atoms with Crippen molar-refractivity contribution in [3.05, 3.63) is 93.7 Å². The smallest absolute Gasteiger partial charge is 0.161 e. The van der Waals surface area contributed by atoms with Gasteiger partial charge >= 0.3 is 0 Å². The zero-order valence-electron chi connectivity index (χ0n) is 15.2. The molecule has 0 N–H and O–H groups in total. The highest BCUT2D eigenvalue weighted by Gasteiger charge is 2.08. The predicted octanol–water partition coefficient (Wildman–Crippen LogP) is 6.24. The molecule has 3 rings (SSSR count). The summed E-state index contributed by atoms with van der Waals surface area (Å²) in [4.78, 5) is 0. The zero-order valence-corrected chi connectivity index (χ0v) is 16.7. The van der Waals surface area contributed by atoms with Gasteiger partial charge < -0.3 is 9.47 Å². The molecule has 0 aliphatic carbocycles. The summed E-state index contributed by atoms with van der Waals surface area (Å²) in [5, 5.41) is 9.51. The Balaban J connectivity index is 1.82. The molecule has 0 spiro atoms. The minimum atomic E-state index is -0.300. The maximum atomic E-state index is 13.3. The molecule has 3 aromatic rings. The van der Waals surface area contributed by atoms with Gasteiger partial charge in [0.25, 0.3) is 0 Å². The van der Waals surface area contributed by atoms with E-state index in [0.717, 1.165) is 21.2 Å². The van der Waals surface area contributed by atoms with Gasteiger partial charge in [0.15, 0.2) is 11.5 Å². The summed E-state index contributed by atoms with van der Waals surface area (Å²) in [5.74, 6) is 0.787. The van der Waals surface area contributed by atoms with Crippen molar-refractivity contribution >= 4 is 27.6 Å². The molecule has 0 radical (unpaired) electrons. The number of allylic oxidation sites excluding steroid dienone is 1. The summed E-state index contributed by atoms with van der Waals surface area (Å²) < 4.78 is 25.4. The first kappa shape index (κ1) is 19.7. The molecule has 0 bridgehead atoms. The van der Waals surface area contributed by atoms with Crippen molar-refractivity contribution in [3.8, 4) is 17.6 Å². The van der Waals surface area contributed by atoms with Crippen LogP contribution in [0.4, 0.5) is 4.39 Å². The quantitative estimate of drug-likeness (QED) is 0.338. The Morgan fingerprint density at radius 2 is 1.86 bits per heavy atom. The molecule has 0 heterocycles. The number of methoxy groups -OCH3 is 1. The van der Waals surface area contributed by atoms with Crippen LogP contribution in [0, 0.1) is 17.1 Å². The standard InChI is InChI=1S/C23H17BrFNO2/c1-27-23-13-16(11-19(14-26)18-6-8-20(24)9-7-18)5-10-22(23)28-15-17-3-2-4-21(25)12-17/h2-13H,15H2,1H3/b19-11+. The average molecular weight is 438 g/mol. The molecule has 0 aliphatic heterocycles. The van der Waals surface area contributed by atoms with Crippen LogP contribution in [0.1, 0.15) is 16.7 Å². The fourth-order valence-corrected chi connectivity index (χ4v) is 2.92. The Morgan fingerprint density at radius 1 is 1.07 bits per heavy atom. The van der Waals surface area contributed by atoms with Crippen molar-refractivity contribution in [1.29, 1.82) is 5.26 Å². The Kier molecular flexibility index (Phi) is 6.46. The SMILES string of the molecule is COc1cc(/C=C(\C#N)c2ccc(Br)cc2)ccc1OCc1cccc(F)c1. The van der Waals surface area contributed by atoms with E-state index in [1.807, 2.05) is 30.3 Å². The number of benzene rings is 3. The molecule has 0 aromatic heterocycles. The van der Waals surface area contributed by atoms with Gasteiger partial charge in [0, 0.05) is 4.47 Å². The molecular formula is C23H17BrFNO2. The van der Waals surface area contributed by atoms with E-state index in [2.05, 4.69) is 22.0 Å². The number of hydrogen-bond acceptors (Lipinski definition) is 3. The number of nitriles is 1. The van der Waals surface area contributed by atoms with E-state index in [-0.39, 0.29) is 12.4 Å². The van der Waals surface area contributed by atoms with E-state index >= 15 is 0 Å². The van der Waals surface area contributed by atoms with Gasteiger partial charge in [-0.25, -0.2) is 4.39 Å². The molecule has 0 fully saturated rings. The van der Waals surface area contributed by atoms with Gasteiger partial charge in [-0.3, -0.25) is 0 Å². The minimum absolute atomic E-state index is 0.228. The molecule has 0 atom stereocenters. The summed E-state index contributed by atoms with van der Waals surface area (Å²) in [6.45, 7) is 0.228. The van der Waals surface area contributed by atoms with E-state index < -0.39 is 0 Å². The van der Waals surface area contributed by atoms with Gasteiger partial charge in [0.1, 0.15) is 12.4 Å². The summed E-state index contributed by atoms with van der Waals surface area (Å²) in [6, 6.07) is 21.5. The first-order valence-electron chi connectivity index (χ1n) is 8.52. The first-order valence-corrected chi connectivity index (χ1v) is 9.31. The monoisotopic (exact) mass is 437 g/mol. The molecule has 5 heteroatoms. The number of ether oxygens (including phenoxy) is 2. The second-order valence-electron chi connectivity index (χ2n) is 6.01. The fraction of sp³-hybridized carbons (Fsp3) is 0.0870. The number of halogens is 2. The number of nitrogens with zero attached hydrogens (tertiary/aromatic N) is 1. The lowest BCUT2D eigenvalue weighted by Crippen LogP contribution is -1.98. The highest BCUT2D eigenvalue weighted by Crippen LogP contribution is 2.30. The van der Waals surface area contributed by atoms with Crippen LogP contribution in [0.2, 0.25) is 0 Å². The van der Waals surface area contributed by atoms with Crippen LogP contribution in [-0.4, -0.2) is 7.11 Å². The molecular weight excluding hydrogens is 421 g/mol. The third-order valence-corrected chi connectivity index (χ3v) is 4.59. The minimum Gasteiger partial charge on any atom is -0.493 e. The van der Waals surface area contributed by atoms with Gasteiger partial charge in [-0.15, -0.1) is 0 Å². The zero-order chi connectivity index (χ0) is 19.9. The normalized spacial score (nSPS) is 11.0. The highest BCUT2D eigenvalue weighted by atomic mass is 79.9. The maximum Gasteiger partial charge on any atom is 0.161 e. The lowest BCUT2D eigenvalue weighted by atomic mass is 10.0. The van der Waals surface area contributed by atoms with Gasteiger partial charge in [-0.05, 0) is 59.2 Å².